The van der Waals surface area contributed by atoms with E-state index in [2.05, 4.69) is 20.3 Å². The van der Waals surface area contributed by atoms with E-state index in [0.717, 1.165) is 16.8 Å². The third-order valence-electron chi connectivity index (χ3n) is 4.63. The number of aromatic nitrogens is 3. The van der Waals surface area contributed by atoms with Gasteiger partial charge in [-0.1, -0.05) is 35.9 Å². The van der Waals surface area contributed by atoms with Crippen molar-refractivity contribution in [1.82, 2.24) is 15.0 Å². The van der Waals surface area contributed by atoms with E-state index in [9.17, 15) is 4.39 Å². The smallest absolute Gasteiger partial charge is 0.230 e. The molecule has 0 amide bonds. The molecule has 0 spiro atoms. The number of ether oxygens (including phenoxy) is 1. The Morgan fingerprint density at radius 3 is 2.64 bits per heavy atom. The maximum Gasteiger partial charge on any atom is 0.230 e. The minimum Gasteiger partial charge on any atom is -0.488 e. The number of hydrogen-bond acceptors (Lipinski definition) is 6. The van der Waals surface area contributed by atoms with Crippen LogP contribution >= 0.6 is 11.6 Å². The predicted molar refractivity (Wildman–Crippen MR) is 130 cm³/mol. The standard InChI is InChI=1S/C24H21ClFN5OS/c1-33(27)14-17-3-2-4-20(11-17)30-24-29-15-28-23(31-24)21-10-9-19(26)12-22(21)32-13-16-5-7-18(25)8-6-16/h2-12,15,27H,13-14H2,1H3,(H,28,29,30,31). The largest absolute Gasteiger partial charge is 0.488 e. The van der Waals surface area contributed by atoms with E-state index in [1.807, 2.05) is 42.7 Å². The fraction of sp³-hybridized carbons (Fsp3) is 0.125. The summed E-state index contributed by atoms with van der Waals surface area (Å²) >= 11 is 5.93. The van der Waals surface area contributed by atoms with E-state index < -0.39 is 16.5 Å². The van der Waals surface area contributed by atoms with Crippen molar-refractivity contribution in [2.24, 2.45) is 0 Å². The van der Waals surface area contributed by atoms with Crippen molar-refractivity contribution < 1.29 is 9.13 Å². The average Bonchev–Trinajstić information content (AvgIpc) is 2.79. The predicted octanol–water partition coefficient (Wildman–Crippen LogP) is 6.16. The van der Waals surface area contributed by atoms with Crippen LogP contribution in [0.1, 0.15) is 11.1 Å². The molecule has 3 aromatic carbocycles. The van der Waals surface area contributed by atoms with Crippen LogP contribution in [0, 0.1) is 10.6 Å². The Labute approximate surface area is 198 Å². The van der Waals surface area contributed by atoms with Crippen molar-refractivity contribution in [2.75, 3.05) is 11.6 Å². The number of nitrogens with one attached hydrogen (secondary N) is 2. The Morgan fingerprint density at radius 1 is 1.03 bits per heavy atom. The lowest BCUT2D eigenvalue weighted by Gasteiger charge is -2.12. The number of rotatable bonds is 8. The number of hydrogen-bond donors (Lipinski definition) is 2. The molecule has 0 saturated heterocycles. The van der Waals surface area contributed by atoms with Crippen LogP contribution in [0.15, 0.2) is 73.1 Å². The van der Waals surface area contributed by atoms with Crippen molar-refractivity contribution in [1.29, 1.82) is 4.78 Å². The number of halogens is 2. The van der Waals surface area contributed by atoms with Crippen LogP contribution < -0.4 is 10.1 Å². The first-order chi connectivity index (χ1) is 16.0. The minimum absolute atomic E-state index is 0.242. The van der Waals surface area contributed by atoms with Gasteiger partial charge in [-0.05, 0) is 53.8 Å². The van der Waals surface area contributed by atoms with E-state index in [4.69, 9.17) is 21.1 Å². The molecule has 0 aliphatic heterocycles. The molecule has 0 aliphatic rings. The normalized spacial score (nSPS) is 11.7. The first-order valence-electron chi connectivity index (χ1n) is 10.0. The molecule has 0 radical (unpaired) electrons. The van der Waals surface area contributed by atoms with Crippen molar-refractivity contribution in [3.8, 4) is 17.1 Å². The molecule has 0 fully saturated rings. The maximum atomic E-state index is 14.0. The van der Waals surface area contributed by atoms with Crippen LogP contribution in [0.4, 0.5) is 16.0 Å². The molecule has 1 heterocycles. The van der Waals surface area contributed by atoms with Gasteiger partial charge in [-0.15, -0.1) is 10.7 Å². The van der Waals surface area contributed by atoms with Crippen molar-refractivity contribution in [3.63, 3.8) is 0 Å². The molecule has 0 saturated carbocycles. The Morgan fingerprint density at radius 2 is 1.85 bits per heavy atom. The highest BCUT2D eigenvalue weighted by Crippen LogP contribution is 2.30. The Kier molecular flexibility index (Phi) is 7.26. The summed E-state index contributed by atoms with van der Waals surface area (Å²) in [7, 11) is -0.442. The minimum atomic E-state index is -0.442. The molecule has 6 nitrogen and oxygen atoms in total. The highest BCUT2D eigenvalue weighted by atomic mass is 35.5. The van der Waals surface area contributed by atoms with Gasteiger partial charge >= 0.3 is 0 Å². The van der Waals surface area contributed by atoms with Crippen LogP contribution in [0.5, 0.6) is 5.75 Å². The Bertz CT molecular complexity index is 1290. The Hall–Kier alpha value is -3.36. The molecule has 9 heteroatoms. The summed E-state index contributed by atoms with van der Waals surface area (Å²) in [6, 6.07) is 19.3. The van der Waals surface area contributed by atoms with E-state index in [-0.39, 0.29) is 6.61 Å². The van der Waals surface area contributed by atoms with Gasteiger partial charge in [0.2, 0.25) is 5.95 Å². The average molecular weight is 482 g/mol. The highest BCUT2D eigenvalue weighted by Gasteiger charge is 2.13. The molecular formula is C24H21ClFN5OS. The lowest BCUT2D eigenvalue weighted by Crippen LogP contribution is -2.03. The quantitative estimate of drug-likeness (QED) is 0.314. The number of benzene rings is 3. The summed E-state index contributed by atoms with van der Waals surface area (Å²) in [5.74, 6) is 1.30. The van der Waals surface area contributed by atoms with Gasteiger partial charge in [0, 0.05) is 22.5 Å². The van der Waals surface area contributed by atoms with E-state index in [1.165, 1.54) is 18.5 Å². The molecule has 33 heavy (non-hydrogen) atoms. The van der Waals surface area contributed by atoms with Gasteiger partial charge in [-0.2, -0.15) is 4.98 Å². The molecule has 1 aromatic heterocycles. The molecular weight excluding hydrogens is 461 g/mol. The van der Waals surface area contributed by atoms with Gasteiger partial charge < -0.3 is 10.1 Å². The maximum absolute atomic E-state index is 14.0. The molecule has 168 valence electrons. The monoisotopic (exact) mass is 481 g/mol. The summed E-state index contributed by atoms with van der Waals surface area (Å²) in [6.07, 6.45) is 3.28. The van der Waals surface area contributed by atoms with E-state index in [1.54, 1.807) is 18.2 Å². The van der Waals surface area contributed by atoms with Crippen LogP contribution in [0.25, 0.3) is 11.4 Å². The fourth-order valence-corrected chi connectivity index (χ4v) is 3.95. The van der Waals surface area contributed by atoms with Crippen molar-refractivity contribution in [3.05, 3.63) is 95.0 Å². The SMILES string of the molecule is CS(=N)Cc1cccc(Nc2ncnc(-c3ccc(F)cc3OCc3ccc(Cl)cc3)n2)c1. The van der Waals surface area contributed by atoms with Gasteiger partial charge in [0.15, 0.2) is 5.82 Å². The summed E-state index contributed by atoms with van der Waals surface area (Å²) < 4.78 is 27.6. The lowest BCUT2D eigenvalue weighted by atomic mass is 10.1. The molecule has 2 N–H and O–H groups in total. The van der Waals surface area contributed by atoms with Crippen LogP contribution in [-0.2, 0) is 23.1 Å². The second kappa shape index (κ2) is 10.5. The van der Waals surface area contributed by atoms with Gasteiger partial charge in [-0.25, -0.2) is 14.4 Å². The first kappa shape index (κ1) is 22.8. The van der Waals surface area contributed by atoms with Gasteiger partial charge in [-0.3, -0.25) is 4.78 Å². The zero-order valence-corrected chi connectivity index (χ0v) is 19.3. The van der Waals surface area contributed by atoms with Gasteiger partial charge in [0.05, 0.1) is 5.56 Å². The molecule has 0 aliphatic carbocycles. The van der Waals surface area contributed by atoms with Crippen molar-refractivity contribution >= 4 is 33.9 Å². The van der Waals surface area contributed by atoms with E-state index in [0.29, 0.717) is 33.9 Å². The topological polar surface area (TPSA) is 83.8 Å². The van der Waals surface area contributed by atoms with Crippen molar-refractivity contribution in [2.45, 2.75) is 12.4 Å². The summed E-state index contributed by atoms with van der Waals surface area (Å²) in [6.45, 7) is 0.242. The third kappa shape index (κ3) is 6.34. The molecule has 4 aromatic rings. The molecule has 1 atom stereocenters. The fourth-order valence-electron chi connectivity index (χ4n) is 3.15. The first-order valence-corrected chi connectivity index (χ1v) is 12.2. The zero-order valence-electron chi connectivity index (χ0n) is 17.8. The summed E-state index contributed by atoms with van der Waals surface area (Å²) in [4.78, 5) is 13.0. The lowest BCUT2D eigenvalue weighted by molar-refractivity contribution is 0.306. The second-order valence-corrected chi connectivity index (χ2v) is 9.29. The molecule has 0 bridgehead atoms. The van der Waals surface area contributed by atoms with Crippen LogP contribution in [0.2, 0.25) is 5.02 Å². The number of anilines is 2. The second-order valence-electron chi connectivity index (χ2n) is 7.30. The van der Waals surface area contributed by atoms with Crippen LogP contribution in [0.3, 0.4) is 0 Å². The Balaban J connectivity index is 1.56. The summed E-state index contributed by atoms with van der Waals surface area (Å²) in [5.41, 5.74) is 3.32. The van der Waals surface area contributed by atoms with Gasteiger partial charge in [0.25, 0.3) is 0 Å². The zero-order chi connectivity index (χ0) is 23.2. The van der Waals surface area contributed by atoms with Gasteiger partial charge in [0.1, 0.15) is 24.5 Å². The highest BCUT2D eigenvalue weighted by molar-refractivity contribution is 7.84. The number of nitrogens with zero attached hydrogens (tertiary/aromatic N) is 3. The van der Waals surface area contributed by atoms with E-state index >= 15 is 0 Å². The summed E-state index contributed by atoms with van der Waals surface area (Å²) in [5, 5.41) is 3.81. The molecule has 4 rings (SSSR count). The van der Waals surface area contributed by atoms with Crippen LogP contribution in [-0.4, -0.2) is 21.2 Å². The molecule has 1 unspecified atom stereocenters. The third-order valence-corrected chi connectivity index (χ3v) is 5.65.